The van der Waals surface area contributed by atoms with E-state index in [0.717, 1.165) is 24.1 Å². The van der Waals surface area contributed by atoms with Crippen LogP contribution in [0.1, 0.15) is 35.6 Å². The number of hydrogen-bond donors (Lipinski definition) is 0. The Kier molecular flexibility index (Phi) is 4.60. The van der Waals surface area contributed by atoms with Crippen LogP contribution in [0.15, 0.2) is 61.2 Å². The summed E-state index contributed by atoms with van der Waals surface area (Å²) in [4.78, 5) is 11.5. The summed E-state index contributed by atoms with van der Waals surface area (Å²) in [6.45, 7) is 4.32. The first-order valence-electron chi connectivity index (χ1n) is 10.2. The highest BCUT2D eigenvalue weighted by atomic mass is 15.2. The summed E-state index contributed by atoms with van der Waals surface area (Å²) in [5, 5.41) is 4.29. The van der Waals surface area contributed by atoms with Gasteiger partial charge < -0.3 is 0 Å². The summed E-state index contributed by atoms with van der Waals surface area (Å²) >= 11 is 0. The van der Waals surface area contributed by atoms with Crippen molar-refractivity contribution in [3.63, 3.8) is 0 Å². The zero-order valence-electron chi connectivity index (χ0n) is 16.9. The average molecular weight is 383 g/mol. The van der Waals surface area contributed by atoms with Gasteiger partial charge in [0.25, 0.3) is 0 Å². The first kappa shape index (κ1) is 18.0. The molecule has 0 aliphatic carbocycles. The number of nitrogens with zero attached hydrogens (tertiary/aromatic N) is 5. The van der Waals surface area contributed by atoms with E-state index in [0.29, 0.717) is 6.04 Å². The highest BCUT2D eigenvalue weighted by Gasteiger charge is 2.26. The normalized spacial score (nSPS) is 17.2. The van der Waals surface area contributed by atoms with Gasteiger partial charge in [-0.15, -0.1) is 0 Å². The van der Waals surface area contributed by atoms with Gasteiger partial charge in [-0.3, -0.25) is 19.5 Å². The molecule has 5 nitrogen and oxygen atoms in total. The van der Waals surface area contributed by atoms with E-state index in [1.807, 2.05) is 17.9 Å². The molecular weight excluding hydrogens is 358 g/mol. The predicted octanol–water partition coefficient (Wildman–Crippen LogP) is 4.68. The highest BCUT2D eigenvalue weighted by Crippen LogP contribution is 2.35. The fourth-order valence-corrected chi connectivity index (χ4v) is 4.42. The van der Waals surface area contributed by atoms with E-state index in [-0.39, 0.29) is 0 Å². The van der Waals surface area contributed by atoms with Gasteiger partial charge >= 0.3 is 0 Å². The van der Waals surface area contributed by atoms with Crippen molar-refractivity contribution in [1.29, 1.82) is 0 Å². The lowest BCUT2D eigenvalue weighted by Crippen LogP contribution is -2.23. The maximum atomic E-state index is 4.49. The number of fused-ring (bicyclic) bond motifs is 1. The number of benzene rings is 2. The van der Waals surface area contributed by atoms with Gasteiger partial charge in [0, 0.05) is 43.8 Å². The summed E-state index contributed by atoms with van der Waals surface area (Å²) in [6, 6.07) is 13.8. The molecule has 2 aromatic carbocycles. The molecule has 0 N–H and O–H groups in total. The lowest BCUT2D eigenvalue weighted by Gasteiger charge is -2.26. The summed E-state index contributed by atoms with van der Waals surface area (Å²) in [6.07, 6.45) is 9.93. The molecule has 4 aromatic rings. The topological polar surface area (TPSA) is 46.8 Å². The van der Waals surface area contributed by atoms with Gasteiger partial charge in [0.2, 0.25) is 0 Å². The molecule has 1 fully saturated rings. The van der Waals surface area contributed by atoms with Crippen LogP contribution in [0.3, 0.4) is 0 Å². The molecule has 5 rings (SSSR count). The van der Waals surface area contributed by atoms with E-state index < -0.39 is 0 Å². The Morgan fingerprint density at radius 3 is 2.66 bits per heavy atom. The monoisotopic (exact) mass is 383 g/mol. The number of likely N-dealkylation sites (tertiary alicyclic amines) is 1. The molecule has 146 valence electrons. The minimum atomic E-state index is 0.443. The molecule has 1 aliphatic heterocycles. The second kappa shape index (κ2) is 7.41. The van der Waals surface area contributed by atoms with E-state index in [1.165, 1.54) is 40.7 Å². The smallest absolute Gasteiger partial charge is 0.0890 e. The van der Waals surface area contributed by atoms with Crippen LogP contribution < -0.4 is 0 Å². The van der Waals surface area contributed by atoms with E-state index in [4.69, 9.17) is 0 Å². The zero-order valence-corrected chi connectivity index (χ0v) is 16.9. The van der Waals surface area contributed by atoms with Gasteiger partial charge in [0.05, 0.1) is 17.2 Å². The second-order valence-electron chi connectivity index (χ2n) is 7.98. The van der Waals surface area contributed by atoms with Crippen molar-refractivity contribution in [1.82, 2.24) is 24.6 Å². The highest BCUT2D eigenvalue weighted by molar-refractivity contribution is 5.74. The van der Waals surface area contributed by atoms with E-state index in [1.54, 1.807) is 12.4 Å². The van der Waals surface area contributed by atoms with Crippen molar-refractivity contribution in [3.8, 4) is 11.1 Å². The Morgan fingerprint density at radius 2 is 1.86 bits per heavy atom. The van der Waals surface area contributed by atoms with Gasteiger partial charge in [0.15, 0.2) is 0 Å². The third-order valence-corrected chi connectivity index (χ3v) is 6.00. The third kappa shape index (κ3) is 3.54. The first-order chi connectivity index (χ1) is 14.2. The molecule has 0 spiro atoms. The Bertz CT molecular complexity index is 1160. The fraction of sp³-hybridized carbons (Fsp3) is 0.292. The molecule has 1 atom stereocenters. The molecule has 0 saturated carbocycles. The van der Waals surface area contributed by atoms with Crippen molar-refractivity contribution >= 4 is 11.0 Å². The molecular formula is C24H25N5. The second-order valence-corrected chi connectivity index (χ2v) is 7.98. The standard InChI is InChI=1S/C24H25N5/c1-17-12-18(21-14-27-28(2)15-21)5-6-20(17)16-29-11-3-4-24(29)19-7-8-22-23(13-19)26-10-9-25-22/h5-10,12-15,24H,3-4,11,16H2,1-2H3/t24-/m0/s1. The van der Waals surface area contributed by atoms with Crippen LogP contribution in [-0.4, -0.2) is 31.2 Å². The van der Waals surface area contributed by atoms with Crippen molar-refractivity contribution in [2.45, 2.75) is 32.4 Å². The van der Waals surface area contributed by atoms with Crippen molar-refractivity contribution in [2.75, 3.05) is 6.54 Å². The Morgan fingerprint density at radius 1 is 1.00 bits per heavy atom. The average Bonchev–Trinajstić information content (AvgIpc) is 3.38. The molecule has 0 amide bonds. The molecule has 0 unspecified atom stereocenters. The van der Waals surface area contributed by atoms with Crippen LogP contribution in [-0.2, 0) is 13.6 Å². The maximum absolute atomic E-state index is 4.49. The number of rotatable bonds is 4. The molecule has 2 aromatic heterocycles. The molecule has 0 bridgehead atoms. The van der Waals surface area contributed by atoms with Gasteiger partial charge in [-0.1, -0.05) is 24.3 Å². The Hall–Kier alpha value is -3.05. The maximum Gasteiger partial charge on any atom is 0.0890 e. The van der Waals surface area contributed by atoms with Crippen molar-refractivity contribution in [2.24, 2.45) is 7.05 Å². The molecule has 1 aliphatic rings. The minimum absolute atomic E-state index is 0.443. The number of hydrogen-bond acceptors (Lipinski definition) is 4. The SMILES string of the molecule is Cc1cc(-c2cnn(C)c2)ccc1CN1CCC[C@H]1c1ccc2nccnc2c1. The van der Waals surface area contributed by atoms with Gasteiger partial charge in [-0.25, -0.2) is 0 Å². The summed E-state index contributed by atoms with van der Waals surface area (Å²) in [5.41, 5.74) is 8.41. The lowest BCUT2D eigenvalue weighted by molar-refractivity contribution is 0.248. The molecule has 0 radical (unpaired) electrons. The van der Waals surface area contributed by atoms with Crippen LogP contribution in [0.5, 0.6) is 0 Å². The quantitative estimate of drug-likeness (QED) is 0.513. The Labute approximate surface area is 171 Å². The predicted molar refractivity (Wildman–Crippen MR) is 115 cm³/mol. The molecule has 1 saturated heterocycles. The first-order valence-corrected chi connectivity index (χ1v) is 10.2. The van der Waals surface area contributed by atoms with E-state index in [2.05, 4.69) is 69.5 Å². The van der Waals surface area contributed by atoms with Crippen LogP contribution in [0.2, 0.25) is 0 Å². The Balaban J connectivity index is 1.39. The number of aryl methyl sites for hydroxylation is 2. The van der Waals surface area contributed by atoms with Crippen LogP contribution in [0.4, 0.5) is 0 Å². The lowest BCUT2D eigenvalue weighted by atomic mass is 10.00. The van der Waals surface area contributed by atoms with Gasteiger partial charge in [-0.05, 0) is 60.7 Å². The summed E-state index contributed by atoms with van der Waals surface area (Å²) in [5.74, 6) is 0. The van der Waals surface area contributed by atoms with Gasteiger partial charge in [0.1, 0.15) is 0 Å². The molecule has 5 heteroatoms. The molecule has 3 heterocycles. The van der Waals surface area contributed by atoms with E-state index in [9.17, 15) is 0 Å². The van der Waals surface area contributed by atoms with Crippen molar-refractivity contribution in [3.05, 3.63) is 77.9 Å². The summed E-state index contributed by atoms with van der Waals surface area (Å²) in [7, 11) is 1.95. The van der Waals surface area contributed by atoms with Crippen LogP contribution in [0.25, 0.3) is 22.2 Å². The van der Waals surface area contributed by atoms with Crippen LogP contribution in [0, 0.1) is 6.92 Å². The van der Waals surface area contributed by atoms with Crippen molar-refractivity contribution < 1.29 is 0 Å². The number of aromatic nitrogens is 4. The molecule has 29 heavy (non-hydrogen) atoms. The summed E-state index contributed by atoms with van der Waals surface area (Å²) < 4.78 is 1.85. The van der Waals surface area contributed by atoms with Gasteiger partial charge in [-0.2, -0.15) is 5.10 Å². The van der Waals surface area contributed by atoms with Crippen LogP contribution >= 0.6 is 0 Å². The minimum Gasteiger partial charge on any atom is -0.292 e. The third-order valence-electron chi connectivity index (χ3n) is 6.00. The largest absolute Gasteiger partial charge is 0.292 e. The fourth-order valence-electron chi connectivity index (χ4n) is 4.42. The van der Waals surface area contributed by atoms with E-state index >= 15 is 0 Å². The zero-order chi connectivity index (χ0) is 19.8.